The average molecular weight is 816 g/mol. The summed E-state index contributed by atoms with van der Waals surface area (Å²) in [6, 6.07) is 79.0. The first-order chi connectivity index (χ1) is 31.5. The molecule has 1 aromatic heterocycles. The van der Waals surface area contributed by atoms with Gasteiger partial charge in [0.1, 0.15) is 5.58 Å². The van der Waals surface area contributed by atoms with Gasteiger partial charge in [0.2, 0.25) is 0 Å². The summed E-state index contributed by atoms with van der Waals surface area (Å²) < 4.78 is 7.18. The zero-order chi connectivity index (χ0) is 42.3. The molecular weight excluding hydrogens is 775 g/mol. The molecule has 0 unspecified atom stereocenters. The minimum atomic E-state index is -0.484. The first-order valence-electron chi connectivity index (χ1n) is 22.4. The molecule has 0 N–H and O–H groups in total. The van der Waals surface area contributed by atoms with E-state index < -0.39 is 5.41 Å². The zero-order valence-electron chi connectivity index (χ0n) is 35.6. The summed E-state index contributed by atoms with van der Waals surface area (Å²) >= 11 is 0. The fourth-order valence-electron chi connectivity index (χ4n) is 12.1. The van der Waals surface area contributed by atoms with Crippen LogP contribution >= 0.6 is 0 Å². The molecule has 2 heteroatoms. The Labute approximate surface area is 372 Å². The molecule has 0 radical (unpaired) electrons. The number of fused-ring (bicyclic) bond motifs is 18. The summed E-state index contributed by atoms with van der Waals surface area (Å²) in [6.07, 6.45) is 0. The van der Waals surface area contributed by atoms with Crippen LogP contribution in [0.4, 0.5) is 17.1 Å². The predicted molar refractivity (Wildman–Crippen MR) is 265 cm³/mol. The predicted octanol–water partition coefficient (Wildman–Crippen LogP) is 16.5. The highest BCUT2D eigenvalue weighted by atomic mass is 16.3. The van der Waals surface area contributed by atoms with Gasteiger partial charge in [-0.15, -0.1) is 0 Å². The maximum Gasteiger partial charge on any atom is 0.159 e. The van der Waals surface area contributed by atoms with Crippen LogP contribution in [0.25, 0.3) is 77.2 Å². The summed E-state index contributed by atoms with van der Waals surface area (Å²) in [5.41, 5.74) is 22.3. The third-order valence-electron chi connectivity index (χ3n) is 14.9. The highest BCUT2D eigenvalue weighted by molar-refractivity contribution is 6.22. The van der Waals surface area contributed by atoms with Crippen LogP contribution in [0.5, 0.6) is 0 Å². The molecule has 14 rings (SSSR count). The van der Waals surface area contributed by atoms with Crippen molar-refractivity contribution < 1.29 is 4.42 Å². The Morgan fingerprint density at radius 2 is 0.891 bits per heavy atom. The van der Waals surface area contributed by atoms with E-state index in [-0.39, 0.29) is 5.41 Å². The second-order valence-electron chi connectivity index (χ2n) is 18.4. The minimum Gasteiger partial charge on any atom is -0.454 e. The lowest BCUT2D eigenvalue weighted by Gasteiger charge is -2.32. The van der Waals surface area contributed by atoms with Crippen molar-refractivity contribution in [2.75, 3.05) is 4.90 Å². The van der Waals surface area contributed by atoms with Gasteiger partial charge < -0.3 is 9.32 Å². The summed E-state index contributed by atoms with van der Waals surface area (Å²) in [6.45, 7) is 4.74. The van der Waals surface area contributed by atoms with E-state index in [2.05, 4.69) is 231 Å². The van der Waals surface area contributed by atoms with Gasteiger partial charge in [0.25, 0.3) is 0 Å². The van der Waals surface area contributed by atoms with Gasteiger partial charge in [0, 0.05) is 27.6 Å². The molecule has 3 aliphatic rings. The second kappa shape index (κ2) is 12.8. The molecule has 0 aliphatic heterocycles. The molecule has 1 spiro atoms. The molecule has 11 aromatic rings. The third-order valence-corrected chi connectivity index (χ3v) is 14.9. The Bertz CT molecular complexity index is 3710. The van der Waals surface area contributed by atoms with E-state index in [1.807, 2.05) is 0 Å². The van der Waals surface area contributed by atoms with Crippen LogP contribution < -0.4 is 4.90 Å². The van der Waals surface area contributed by atoms with Crippen LogP contribution in [0, 0.1) is 0 Å². The lowest BCUT2D eigenvalue weighted by Crippen LogP contribution is -2.26. The molecule has 0 saturated heterocycles. The zero-order valence-corrected chi connectivity index (χ0v) is 35.6. The van der Waals surface area contributed by atoms with Crippen LogP contribution in [0.1, 0.15) is 47.2 Å². The van der Waals surface area contributed by atoms with Gasteiger partial charge in [-0.1, -0.05) is 184 Å². The lowest BCUT2D eigenvalue weighted by molar-refractivity contribution is 0.660. The van der Waals surface area contributed by atoms with Crippen LogP contribution in [0.3, 0.4) is 0 Å². The number of benzene rings is 10. The van der Waals surface area contributed by atoms with Crippen molar-refractivity contribution >= 4 is 49.8 Å². The van der Waals surface area contributed by atoms with Crippen LogP contribution in [0.2, 0.25) is 0 Å². The Morgan fingerprint density at radius 1 is 0.375 bits per heavy atom. The molecule has 0 fully saturated rings. The molecule has 3 aliphatic carbocycles. The lowest BCUT2D eigenvalue weighted by atomic mass is 9.70. The van der Waals surface area contributed by atoms with E-state index in [9.17, 15) is 0 Å². The fourth-order valence-corrected chi connectivity index (χ4v) is 12.1. The topological polar surface area (TPSA) is 16.4 Å². The van der Waals surface area contributed by atoms with E-state index in [0.29, 0.717) is 0 Å². The Hall–Kier alpha value is -7.94. The van der Waals surface area contributed by atoms with Gasteiger partial charge in [-0.05, 0) is 131 Å². The van der Waals surface area contributed by atoms with Gasteiger partial charge in [-0.2, -0.15) is 0 Å². The molecule has 0 atom stereocenters. The van der Waals surface area contributed by atoms with Gasteiger partial charge in [-0.3, -0.25) is 0 Å². The largest absolute Gasteiger partial charge is 0.454 e. The second-order valence-corrected chi connectivity index (χ2v) is 18.4. The molecule has 1 heterocycles. The fraction of sp³-hybridized carbons (Fsp3) is 0.0645. The molecular formula is C62H41NO. The van der Waals surface area contributed by atoms with Gasteiger partial charge in [0.15, 0.2) is 5.58 Å². The standard InChI is InChI=1S/C62H41NO/c1-61(2)51-24-12-8-20-44(51)48-31-29-41(36-55(48)61)63(57-35-40(38-16-4-3-5-17-38)34-50-59-43-19-7-6-18-39(43)28-33-58(59)64-60(50)57)42-30-32-49-47-23-11-15-27-54(47)62(56(49)37-42)52-25-13-9-21-45(52)46-22-10-14-26-53(46)62/h3-37H,1-2H3. The monoisotopic (exact) mass is 815 g/mol. The maximum atomic E-state index is 7.18. The smallest absolute Gasteiger partial charge is 0.159 e. The Balaban J connectivity index is 1.10. The number of rotatable bonds is 4. The molecule has 0 bridgehead atoms. The first kappa shape index (κ1) is 35.6. The van der Waals surface area contributed by atoms with Crippen molar-refractivity contribution in [3.63, 3.8) is 0 Å². The van der Waals surface area contributed by atoms with Crippen LogP contribution in [0.15, 0.2) is 217 Å². The SMILES string of the molecule is CC1(C)c2ccccc2-c2ccc(N(c3ccc4c(c3)C3(c5ccccc5-c5ccccc53)c3ccccc3-4)c3cc(-c4ccccc4)cc4c3oc3ccc5ccccc5c34)cc21. The molecule has 64 heavy (non-hydrogen) atoms. The number of nitrogens with zero attached hydrogens (tertiary/aromatic N) is 1. The molecule has 0 amide bonds. The number of hydrogen-bond acceptors (Lipinski definition) is 2. The quantitative estimate of drug-likeness (QED) is 0.176. The maximum absolute atomic E-state index is 7.18. The van der Waals surface area contributed by atoms with E-state index in [4.69, 9.17) is 4.42 Å². The van der Waals surface area contributed by atoms with Crippen molar-refractivity contribution in [1.82, 2.24) is 0 Å². The summed E-state index contributed by atoms with van der Waals surface area (Å²) in [5, 5.41) is 4.63. The molecule has 2 nitrogen and oxygen atoms in total. The molecule has 0 saturated carbocycles. The van der Waals surface area contributed by atoms with Gasteiger partial charge >= 0.3 is 0 Å². The Kier molecular flexibility index (Phi) is 7.13. The van der Waals surface area contributed by atoms with Crippen molar-refractivity contribution in [2.24, 2.45) is 0 Å². The van der Waals surface area contributed by atoms with E-state index >= 15 is 0 Å². The number of furan rings is 1. The highest BCUT2D eigenvalue weighted by Crippen LogP contribution is 2.63. The number of hydrogen-bond donors (Lipinski definition) is 0. The first-order valence-corrected chi connectivity index (χ1v) is 22.4. The Morgan fingerprint density at radius 3 is 1.55 bits per heavy atom. The summed E-state index contributed by atoms with van der Waals surface area (Å²) in [5.74, 6) is 0. The normalized spacial score (nSPS) is 14.3. The van der Waals surface area contributed by atoms with Crippen molar-refractivity contribution in [2.45, 2.75) is 24.7 Å². The van der Waals surface area contributed by atoms with Crippen molar-refractivity contribution in [1.29, 1.82) is 0 Å². The van der Waals surface area contributed by atoms with E-state index in [1.54, 1.807) is 0 Å². The van der Waals surface area contributed by atoms with Crippen LogP contribution in [-0.2, 0) is 10.8 Å². The molecule has 10 aromatic carbocycles. The van der Waals surface area contributed by atoms with E-state index in [1.165, 1.54) is 77.5 Å². The summed E-state index contributed by atoms with van der Waals surface area (Å²) in [4.78, 5) is 2.49. The molecule has 300 valence electrons. The van der Waals surface area contributed by atoms with Crippen molar-refractivity contribution in [3.8, 4) is 44.5 Å². The van der Waals surface area contributed by atoms with Gasteiger partial charge in [0.05, 0.1) is 11.1 Å². The average Bonchev–Trinajstić information content (AvgIpc) is 4.04. The van der Waals surface area contributed by atoms with E-state index in [0.717, 1.165) is 50.1 Å². The van der Waals surface area contributed by atoms with Crippen molar-refractivity contribution in [3.05, 3.63) is 246 Å². The summed E-state index contributed by atoms with van der Waals surface area (Å²) in [7, 11) is 0. The highest BCUT2D eigenvalue weighted by Gasteiger charge is 2.51. The van der Waals surface area contributed by atoms with Gasteiger partial charge in [-0.25, -0.2) is 0 Å². The number of anilines is 3. The third kappa shape index (κ3) is 4.59. The van der Waals surface area contributed by atoms with Crippen LogP contribution in [-0.4, -0.2) is 0 Å². The minimum absolute atomic E-state index is 0.187.